The number of aliphatic hydroxyl groups excluding tert-OH is 1. The van der Waals surface area contributed by atoms with E-state index >= 15 is 0 Å². The lowest BCUT2D eigenvalue weighted by atomic mass is 10.00. The predicted molar refractivity (Wildman–Crippen MR) is 77.6 cm³/mol. The molecule has 1 aromatic carbocycles. The summed E-state index contributed by atoms with van der Waals surface area (Å²) < 4.78 is 5.21. The predicted octanol–water partition coefficient (Wildman–Crippen LogP) is 2.68. The van der Waals surface area contributed by atoms with E-state index in [1.54, 1.807) is 0 Å². The Morgan fingerprint density at radius 3 is 2.60 bits per heavy atom. The van der Waals surface area contributed by atoms with Crippen LogP contribution >= 0.6 is 0 Å². The third kappa shape index (κ3) is 3.51. The first kappa shape index (κ1) is 14.9. The van der Waals surface area contributed by atoms with Crippen LogP contribution in [0, 0.1) is 5.41 Å². The second-order valence-electron chi connectivity index (χ2n) is 6.54. The topological polar surface area (TPSA) is 58.6 Å². The molecule has 2 rings (SSSR count). The first-order chi connectivity index (χ1) is 9.36. The number of alkyl carbamates (subject to hydrolysis) is 1. The smallest absolute Gasteiger partial charge is 0.407 e. The molecule has 0 aliphatic heterocycles. The van der Waals surface area contributed by atoms with Gasteiger partial charge < -0.3 is 15.2 Å². The molecule has 0 spiro atoms. The Labute approximate surface area is 120 Å². The second kappa shape index (κ2) is 5.44. The Bertz CT molecular complexity index is 466. The van der Waals surface area contributed by atoms with Gasteiger partial charge in [0, 0.05) is 12.0 Å². The summed E-state index contributed by atoms with van der Waals surface area (Å²) in [7, 11) is 0. The molecule has 2 N–H and O–H groups in total. The van der Waals surface area contributed by atoms with Crippen molar-refractivity contribution >= 4 is 6.09 Å². The minimum absolute atomic E-state index is 0.0718. The maximum atomic E-state index is 11.7. The molecule has 20 heavy (non-hydrogen) atoms. The van der Waals surface area contributed by atoms with Crippen LogP contribution < -0.4 is 5.32 Å². The molecule has 4 heteroatoms. The van der Waals surface area contributed by atoms with E-state index in [2.05, 4.69) is 17.4 Å². The van der Waals surface area contributed by atoms with E-state index in [4.69, 9.17) is 4.74 Å². The highest BCUT2D eigenvalue weighted by Gasteiger charge is 2.54. The molecule has 110 valence electrons. The maximum Gasteiger partial charge on any atom is 0.407 e. The van der Waals surface area contributed by atoms with Crippen LogP contribution in [0.1, 0.15) is 38.7 Å². The summed E-state index contributed by atoms with van der Waals surface area (Å²) in [5, 5.41) is 12.4. The zero-order valence-corrected chi connectivity index (χ0v) is 12.3. The maximum absolute atomic E-state index is 11.7. The summed E-state index contributed by atoms with van der Waals surface area (Å²) in [6, 6.07) is 10.1. The van der Waals surface area contributed by atoms with E-state index in [-0.39, 0.29) is 12.0 Å². The number of amides is 1. The Morgan fingerprint density at radius 2 is 2.05 bits per heavy atom. The van der Waals surface area contributed by atoms with Crippen molar-refractivity contribution in [2.24, 2.45) is 5.41 Å². The lowest BCUT2D eigenvalue weighted by molar-refractivity contribution is 0.0506. The number of ether oxygens (including phenoxy) is 1. The first-order valence-electron chi connectivity index (χ1n) is 6.99. The summed E-state index contributed by atoms with van der Waals surface area (Å²) in [6.45, 7) is 6.01. The number of nitrogens with one attached hydrogen (secondary N) is 1. The molecule has 1 aliphatic carbocycles. The largest absolute Gasteiger partial charge is 0.444 e. The quantitative estimate of drug-likeness (QED) is 0.889. The van der Waals surface area contributed by atoms with Crippen LogP contribution in [0.4, 0.5) is 4.79 Å². The minimum Gasteiger partial charge on any atom is -0.444 e. The normalized spacial score (nSPS) is 25.1. The van der Waals surface area contributed by atoms with E-state index in [0.29, 0.717) is 12.5 Å². The van der Waals surface area contributed by atoms with Crippen LogP contribution in [0.5, 0.6) is 0 Å². The lowest BCUT2D eigenvalue weighted by Gasteiger charge is -2.21. The van der Waals surface area contributed by atoms with Gasteiger partial charge in [-0.15, -0.1) is 0 Å². The molecule has 1 aromatic rings. The van der Waals surface area contributed by atoms with E-state index in [0.717, 1.165) is 6.42 Å². The van der Waals surface area contributed by atoms with Gasteiger partial charge in [-0.2, -0.15) is 0 Å². The fraction of sp³-hybridized carbons (Fsp3) is 0.562. The number of hydrogen-bond donors (Lipinski definition) is 2. The molecule has 1 amide bonds. The molecular weight excluding hydrogens is 254 g/mol. The van der Waals surface area contributed by atoms with Crippen LogP contribution in [0.3, 0.4) is 0 Å². The molecular formula is C16H23NO3. The van der Waals surface area contributed by atoms with Gasteiger partial charge in [-0.05, 0) is 38.7 Å². The average Bonchev–Trinajstić information content (AvgIpc) is 3.11. The van der Waals surface area contributed by atoms with E-state index in [1.165, 1.54) is 5.56 Å². The van der Waals surface area contributed by atoms with Gasteiger partial charge in [0.15, 0.2) is 0 Å². The van der Waals surface area contributed by atoms with Crippen molar-refractivity contribution < 1.29 is 14.6 Å². The Hall–Kier alpha value is -1.55. The number of carbonyl (C=O) groups is 1. The van der Waals surface area contributed by atoms with E-state index in [1.807, 2.05) is 39.0 Å². The van der Waals surface area contributed by atoms with Crippen LogP contribution in [0.2, 0.25) is 0 Å². The molecule has 0 radical (unpaired) electrons. The summed E-state index contributed by atoms with van der Waals surface area (Å²) in [5.74, 6) is 0.309. The number of rotatable bonds is 4. The molecule has 0 unspecified atom stereocenters. The van der Waals surface area contributed by atoms with Gasteiger partial charge in [0.2, 0.25) is 0 Å². The average molecular weight is 277 g/mol. The summed E-state index contributed by atoms with van der Waals surface area (Å²) in [4.78, 5) is 11.7. The van der Waals surface area contributed by atoms with Crippen molar-refractivity contribution in [2.75, 3.05) is 13.2 Å². The minimum atomic E-state index is -0.501. The number of hydrogen-bond acceptors (Lipinski definition) is 3. The fourth-order valence-electron chi connectivity index (χ4n) is 2.49. The van der Waals surface area contributed by atoms with Crippen molar-refractivity contribution in [3.63, 3.8) is 0 Å². The van der Waals surface area contributed by atoms with Gasteiger partial charge in [0.25, 0.3) is 0 Å². The number of carbonyl (C=O) groups excluding carboxylic acids is 1. The fourth-order valence-corrected chi connectivity index (χ4v) is 2.49. The monoisotopic (exact) mass is 277 g/mol. The van der Waals surface area contributed by atoms with E-state index in [9.17, 15) is 9.90 Å². The van der Waals surface area contributed by atoms with Crippen molar-refractivity contribution in [3.8, 4) is 0 Å². The first-order valence-corrected chi connectivity index (χ1v) is 6.99. The van der Waals surface area contributed by atoms with Crippen LogP contribution in [-0.4, -0.2) is 30.0 Å². The SMILES string of the molecule is CC(C)(C)OC(=O)NC[C@@]1(CO)C[C@H]1c1ccccc1. The lowest BCUT2D eigenvalue weighted by Crippen LogP contribution is -2.37. The highest BCUT2D eigenvalue weighted by Crippen LogP contribution is 2.58. The second-order valence-corrected chi connectivity index (χ2v) is 6.54. The molecule has 1 saturated carbocycles. The van der Waals surface area contributed by atoms with Gasteiger partial charge in [-0.1, -0.05) is 30.3 Å². The molecule has 0 bridgehead atoms. The summed E-state index contributed by atoms with van der Waals surface area (Å²) in [5.41, 5.74) is 0.476. The Morgan fingerprint density at radius 1 is 1.40 bits per heavy atom. The zero-order valence-electron chi connectivity index (χ0n) is 12.3. The van der Waals surface area contributed by atoms with Crippen molar-refractivity contribution in [2.45, 2.75) is 38.7 Å². The number of benzene rings is 1. The third-order valence-electron chi connectivity index (χ3n) is 3.69. The van der Waals surface area contributed by atoms with Crippen molar-refractivity contribution in [1.82, 2.24) is 5.32 Å². The van der Waals surface area contributed by atoms with Gasteiger partial charge in [-0.25, -0.2) is 4.79 Å². The molecule has 0 heterocycles. The van der Waals surface area contributed by atoms with Crippen molar-refractivity contribution in [1.29, 1.82) is 0 Å². The van der Waals surface area contributed by atoms with Crippen LogP contribution in [0.25, 0.3) is 0 Å². The summed E-state index contributed by atoms with van der Waals surface area (Å²) in [6.07, 6.45) is 0.465. The van der Waals surface area contributed by atoms with Gasteiger partial charge in [0.1, 0.15) is 5.60 Å². The molecule has 4 nitrogen and oxygen atoms in total. The zero-order chi connectivity index (χ0) is 14.8. The molecule has 1 aliphatic rings. The third-order valence-corrected chi connectivity index (χ3v) is 3.69. The molecule has 1 fully saturated rings. The Kier molecular flexibility index (Phi) is 4.04. The standard InChI is InChI=1S/C16H23NO3/c1-15(2,3)20-14(19)17-10-16(11-18)9-13(16)12-7-5-4-6-8-12/h4-8,13,18H,9-11H2,1-3H3,(H,17,19)/t13-,16+/m0/s1. The van der Waals surface area contributed by atoms with Gasteiger partial charge >= 0.3 is 6.09 Å². The molecule has 2 atom stereocenters. The highest BCUT2D eigenvalue weighted by molar-refractivity contribution is 5.67. The summed E-state index contributed by atoms with van der Waals surface area (Å²) >= 11 is 0. The molecule has 0 saturated heterocycles. The Balaban J connectivity index is 1.90. The molecule has 0 aromatic heterocycles. The van der Waals surface area contributed by atoms with E-state index < -0.39 is 11.7 Å². The van der Waals surface area contributed by atoms with Crippen LogP contribution in [-0.2, 0) is 4.74 Å². The van der Waals surface area contributed by atoms with Gasteiger partial charge in [0.05, 0.1) is 6.61 Å². The van der Waals surface area contributed by atoms with Crippen LogP contribution in [0.15, 0.2) is 30.3 Å². The number of aliphatic hydroxyl groups is 1. The van der Waals surface area contributed by atoms with Gasteiger partial charge in [-0.3, -0.25) is 0 Å². The van der Waals surface area contributed by atoms with Crippen molar-refractivity contribution in [3.05, 3.63) is 35.9 Å². The highest BCUT2D eigenvalue weighted by atomic mass is 16.6.